The molecule has 194 valence electrons. The number of carbonyl (C=O) groups is 2. The Bertz CT molecular complexity index is 1280. The highest BCUT2D eigenvalue weighted by Gasteiger charge is 2.30. The van der Waals surface area contributed by atoms with E-state index in [0.29, 0.717) is 15.7 Å². The summed E-state index contributed by atoms with van der Waals surface area (Å²) >= 11 is 2.76. The van der Waals surface area contributed by atoms with Crippen molar-refractivity contribution in [1.82, 2.24) is 4.90 Å². The lowest BCUT2D eigenvalue weighted by Gasteiger charge is -2.36. The largest absolute Gasteiger partial charge is 0.477 e. The normalized spacial score (nSPS) is 20.7. The molecule has 0 radical (unpaired) electrons. The van der Waals surface area contributed by atoms with Crippen LogP contribution < -0.4 is 5.32 Å². The van der Waals surface area contributed by atoms with Crippen LogP contribution >= 0.6 is 22.7 Å². The zero-order chi connectivity index (χ0) is 25.9. The van der Waals surface area contributed by atoms with Gasteiger partial charge in [-0.25, -0.2) is 4.79 Å². The van der Waals surface area contributed by atoms with Crippen LogP contribution in [0, 0.1) is 11.8 Å². The van der Waals surface area contributed by atoms with Crippen molar-refractivity contribution in [3.63, 3.8) is 0 Å². The fraction of sp³-hybridized carbons (Fsp3) is 0.400. The van der Waals surface area contributed by atoms with Gasteiger partial charge in [-0.05, 0) is 84.0 Å². The van der Waals surface area contributed by atoms with Crippen molar-refractivity contribution >= 4 is 45.8 Å². The van der Waals surface area contributed by atoms with Gasteiger partial charge in [-0.15, -0.1) is 22.7 Å². The van der Waals surface area contributed by atoms with Crippen molar-refractivity contribution < 1.29 is 14.7 Å². The number of carboxylic acid groups (broad SMARTS) is 1. The van der Waals surface area contributed by atoms with Crippen molar-refractivity contribution in [2.24, 2.45) is 11.8 Å². The second-order valence-electron chi connectivity index (χ2n) is 10.2. The number of nitrogens with zero attached hydrogens (tertiary/aromatic N) is 1. The lowest BCUT2D eigenvalue weighted by Crippen LogP contribution is -2.34. The lowest BCUT2D eigenvalue weighted by atomic mass is 9.75. The molecule has 1 fully saturated rings. The molecule has 1 aliphatic heterocycles. The summed E-state index contributed by atoms with van der Waals surface area (Å²) in [5.41, 5.74) is 5.34. The maximum Gasteiger partial charge on any atom is 0.346 e. The Balaban J connectivity index is 1.45. The first-order chi connectivity index (χ1) is 17.9. The molecule has 2 aromatic heterocycles. The molecule has 1 aromatic carbocycles. The predicted molar refractivity (Wildman–Crippen MR) is 154 cm³/mol. The first-order valence-electron chi connectivity index (χ1n) is 13.2. The van der Waals surface area contributed by atoms with Crippen LogP contribution in [-0.2, 0) is 0 Å². The smallest absolute Gasteiger partial charge is 0.346 e. The van der Waals surface area contributed by atoms with Gasteiger partial charge in [-0.3, -0.25) is 9.69 Å². The highest BCUT2D eigenvalue weighted by Crippen LogP contribution is 2.43. The molecular formula is C30H34N2O3S2. The number of hydrogen-bond acceptors (Lipinski definition) is 5. The molecule has 37 heavy (non-hydrogen) atoms. The summed E-state index contributed by atoms with van der Waals surface area (Å²) in [6, 6.07) is 13.4. The average molecular weight is 535 g/mol. The fourth-order valence-corrected chi connectivity index (χ4v) is 7.29. The highest BCUT2D eigenvalue weighted by molar-refractivity contribution is 7.17. The molecule has 1 saturated carbocycles. The van der Waals surface area contributed by atoms with Gasteiger partial charge in [0.25, 0.3) is 5.91 Å². The van der Waals surface area contributed by atoms with E-state index in [-0.39, 0.29) is 5.91 Å². The molecule has 0 saturated heterocycles. The number of aromatic carboxylic acids is 1. The third kappa shape index (κ3) is 5.74. The van der Waals surface area contributed by atoms with E-state index in [2.05, 4.69) is 30.1 Å². The van der Waals surface area contributed by atoms with Gasteiger partial charge in [0.05, 0.1) is 4.88 Å². The van der Waals surface area contributed by atoms with Crippen molar-refractivity contribution in [2.45, 2.75) is 46.0 Å². The number of likely N-dealkylation sites (N-methyl/N-ethyl adjacent to an activating group) is 1. The quantitative estimate of drug-likeness (QED) is 0.325. The third-order valence-corrected chi connectivity index (χ3v) is 9.88. The Morgan fingerprint density at radius 2 is 1.86 bits per heavy atom. The Morgan fingerprint density at radius 3 is 2.51 bits per heavy atom. The Morgan fingerprint density at radius 1 is 1.11 bits per heavy atom. The number of carboxylic acids is 1. The standard InChI is InChI=1S/C30H34N2O3S2/c1-3-32-15-14-23(25(18-32)20-8-6-19(2)7-9-20)24-17-27(37-28(24)30(34)35)21-10-12-22(13-11-21)31-29(33)26-5-4-16-36-26/h4-5,10-13,16-17,19-20H,3,6-9,14-15,18H2,1-2H3,(H,31,33)(H,34,35). The van der Waals surface area contributed by atoms with E-state index >= 15 is 0 Å². The summed E-state index contributed by atoms with van der Waals surface area (Å²) in [4.78, 5) is 29.3. The number of anilines is 1. The van der Waals surface area contributed by atoms with Crippen LogP contribution in [0.5, 0.6) is 0 Å². The topological polar surface area (TPSA) is 69.6 Å². The molecule has 3 aromatic rings. The van der Waals surface area contributed by atoms with Crippen molar-refractivity contribution in [3.8, 4) is 10.4 Å². The molecule has 5 nitrogen and oxygen atoms in total. The molecule has 0 spiro atoms. The first kappa shape index (κ1) is 25.9. The maximum atomic E-state index is 12.4. The monoisotopic (exact) mass is 534 g/mol. The van der Waals surface area contributed by atoms with Crippen LogP contribution in [0.3, 0.4) is 0 Å². The summed E-state index contributed by atoms with van der Waals surface area (Å²) in [7, 11) is 0. The van der Waals surface area contributed by atoms with Crippen molar-refractivity contribution in [3.05, 3.63) is 68.7 Å². The van der Waals surface area contributed by atoms with E-state index in [9.17, 15) is 14.7 Å². The number of amides is 1. The van der Waals surface area contributed by atoms with Crippen LogP contribution in [-0.4, -0.2) is 41.5 Å². The molecule has 1 aliphatic carbocycles. The third-order valence-electron chi connectivity index (χ3n) is 7.84. The Hall–Kier alpha value is -2.74. The van der Waals surface area contributed by atoms with Crippen LogP contribution in [0.25, 0.3) is 16.0 Å². The van der Waals surface area contributed by atoms with Gasteiger partial charge in [0.15, 0.2) is 0 Å². The minimum Gasteiger partial charge on any atom is -0.477 e. The first-order valence-corrected chi connectivity index (χ1v) is 14.9. The minimum absolute atomic E-state index is 0.121. The molecule has 5 rings (SSSR count). The van der Waals surface area contributed by atoms with E-state index in [0.717, 1.165) is 53.7 Å². The zero-order valence-corrected chi connectivity index (χ0v) is 23.1. The fourth-order valence-electron chi connectivity index (χ4n) is 5.64. The molecule has 2 N–H and O–H groups in total. The Labute approximate surface area is 226 Å². The summed E-state index contributed by atoms with van der Waals surface area (Å²) in [6.07, 6.45) is 5.82. The number of carbonyl (C=O) groups excluding carboxylic acids is 1. The van der Waals surface area contributed by atoms with Crippen LogP contribution in [0.2, 0.25) is 0 Å². The summed E-state index contributed by atoms with van der Waals surface area (Å²) in [5, 5.41) is 15.0. The molecule has 3 heterocycles. The van der Waals surface area contributed by atoms with Gasteiger partial charge in [0.2, 0.25) is 0 Å². The van der Waals surface area contributed by atoms with Crippen LogP contribution in [0.1, 0.15) is 70.9 Å². The van der Waals surface area contributed by atoms with Gasteiger partial charge < -0.3 is 10.4 Å². The molecule has 2 aliphatic rings. The van der Waals surface area contributed by atoms with Crippen LogP contribution in [0.15, 0.2) is 53.4 Å². The summed E-state index contributed by atoms with van der Waals surface area (Å²) in [6.45, 7) is 7.51. The van der Waals surface area contributed by atoms with Gasteiger partial charge in [-0.2, -0.15) is 0 Å². The number of rotatable bonds is 7. The molecule has 0 unspecified atom stereocenters. The van der Waals surface area contributed by atoms with E-state index < -0.39 is 5.97 Å². The summed E-state index contributed by atoms with van der Waals surface area (Å²) in [5.74, 6) is 0.362. The number of hydrogen-bond donors (Lipinski definition) is 2. The average Bonchev–Trinajstić information content (AvgIpc) is 3.60. The SMILES string of the molecule is CCN1CCC(c2cc(-c3ccc(NC(=O)c4cccs4)cc3)sc2C(=O)O)=C(C2CCC(C)CC2)C1. The second kappa shape index (κ2) is 11.3. The van der Waals surface area contributed by atoms with Gasteiger partial charge in [0, 0.05) is 29.2 Å². The lowest BCUT2D eigenvalue weighted by molar-refractivity contribution is 0.0701. The number of nitrogens with one attached hydrogen (secondary N) is 1. The van der Waals surface area contributed by atoms with E-state index in [4.69, 9.17) is 0 Å². The second-order valence-corrected chi connectivity index (χ2v) is 12.2. The van der Waals surface area contributed by atoms with E-state index in [1.54, 1.807) is 6.07 Å². The molecular weight excluding hydrogens is 500 g/mol. The van der Waals surface area contributed by atoms with Gasteiger partial charge in [-0.1, -0.05) is 44.9 Å². The van der Waals surface area contributed by atoms with Gasteiger partial charge in [0.1, 0.15) is 4.88 Å². The molecule has 0 atom stereocenters. The van der Waals surface area contributed by atoms with Crippen molar-refractivity contribution in [1.29, 1.82) is 0 Å². The van der Waals surface area contributed by atoms with Crippen LogP contribution in [0.4, 0.5) is 5.69 Å². The van der Waals surface area contributed by atoms with Crippen molar-refractivity contribution in [2.75, 3.05) is 25.0 Å². The number of benzene rings is 1. The Kier molecular flexibility index (Phi) is 7.93. The molecule has 0 bridgehead atoms. The molecule has 7 heteroatoms. The van der Waals surface area contributed by atoms with E-state index in [1.165, 1.54) is 59.5 Å². The highest BCUT2D eigenvalue weighted by atomic mass is 32.1. The maximum absolute atomic E-state index is 12.4. The number of thiophene rings is 2. The minimum atomic E-state index is -0.854. The van der Waals surface area contributed by atoms with E-state index in [1.807, 2.05) is 35.7 Å². The predicted octanol–water partition coefficient (Wildman–Crippen LogP) is 7.73. The molecule has 1 amide bonds. The zero-order valence-electron chi connectivity index (χ0n) is 21.5. The summed E-state index contributed by atoms with van der Waals surface area (Å²) < 4.78 is 0. The van der Waals surface area contributed by atoms with Gasteiger partial charge >= 0.3 is 5.97 Å².